The zero-order valence-corrected chi connectivity index (χ0v) is 10.7. The fourth-order valence-electron chi connectivity index (χ4n) is 2.04. The molecule has 3 heteroatoms. The van der Waals surface area contributed by atoms with Crippen LogP contribution in [0.1, 0.15) is 25.3 Å². The molecule has 0 spiro atoms. The lowest BCUT2D eigenvalue weighted by Crippen LogP contribution is -2.34. The molecule has 0 atom stereocenters. The van der Waals surface area contributed by atoms with Crippen molar-refractivity contribution in [3.05, 3.63) is 23.9 Å². The van der Waals surface area contributed by atoms with E-state index < -0.39 is 0 Å². The van der Waals surface area contributed by atoms with Crippen LogP contribution < -0.4 is 4.90 Å². The molecule has 15 heavy (non-hydrogen) atoms. The highest BCUT2D eigenvalue weighted by molar-refractivity contribution is 9.08. The third-order valence-electron chi connectivity index (χ3n) is 3.09. The van der Waals surface area contributed by atoms with Gasteiger partial charge in [0.2, 0.25) is 0 Å². The molecule has 1 fully saturated rings. The van der Waals surface area contributed by atoms with Gasteiger partial charge in [-0.15, -0.1) is 0 Å². The van der Waals surface area contributed by atoms with Crippen LogP contribution in [0.25, 0.3) is 0 Å². The summed E-state index contributed by atoms with van der Waals surface area (Å²) in [4.78, 5) is 6.91. The summed E-state index contributed by atoms with van der Waals surface area (Å²) in [6.45, 7) is 4.64. The maximum absolute atomic E-state index is 4.49. The zero-order valence-electron chi connectivity index (χ0n) is 9.12. The van der Waals surface area contributed by atoms with E-state index in [2.05, 4.69) is 38.8 Å². The van der Waals surface area contributed by atoms with Crippen LogP contribution in [-0.2, 0) is 5.33 Å². The van der Waals surface area contributed by atoms with Crippen LogP contribution >= 0.6 is 15.9 Å². The number of halogens is 1. The van der Waals surface area contributed by atoms with E-state index in [1.807, 2.05) is 12.3 Å². The number of hydrogen-bond acceptors (Lipinski definition) is 2. The van der Waals surface area contributed by atoms with Crippen molar-refractivity contribution in [2.45, 2.75) is 25.1 Å². The second-order valence-electron chi connectivity index (χ2n) is 4.29. The van der Waals surface area contributed by atoms with Crippen molar-refractivity contribution in [2.24, 2.45) is 5.92 Å². The highest BCUT2D eigenvalue weighted by Crippen LogP contribution is 2.25. The van der Waals surface area contributed by atoms with E-state index >= 15 is 0 Å². The first kappa shape index (κ1) is 10.9. The maximum Gasteiger partial charge on any atom is 0.132 e. The maximum atomic E-state index is 4.49. The highest BCUT2D eigenvalue weighted by atomic mass is 79.9. The first-order chi connectivity index (χ1) is 7.31. The standard InChI is InChI=1S/C12H17BrN2/c1-10-4-7-15(8-5-10)12-11(9-13)3-2-6-14-12/h2-3,6,10H,4-5,7-9H2,1H3. The van der Waals surface area contributed by atoms with E-state index in [9.17, 15) is 0 Å². The van der Waals surface area contributed by atoms with Crippen LogP contribution in [0.3, 0.4) is 0 Å². The van der Waals surface area contributed by atoms with E-state index in [-0.39, 0.29) is 0 Å². The molecule has 2 heterocycles. The van der Waals surface area contributed by atoms with Crippen molar-refractivity contribution in [1.82, 2.24) is 4.98 Å². The molecule has 2 rings (SSSR count). The molecule has 0 N–H and O–H groups in total. The van der Waals surface area contributed by atoms with Crippen molar-refractivity contribution in [1.29, 1.82) is 0 Å². The van der Waals surface area contributed by atoms with Crippen molar-refractivity contribution in [2.75, 3.05) is 18.0 Å². The topological polar surface area (TPSA) is 16.1 Å². The molecule has 0 saturated carbocycles. The van der Waals surface area contributed by atoms with E-state index in [0.29, 0.717) is 0 Å². The number of nitrogens with zero attached hydrogens (tertiary/aromatic N) is 2. The minimum atomic E-state index is 0.873. The lowest BCUT2D eigenvalue weighted by molar-refractivity contribution is 0.436. The Hall–Kier alpha value is -0.570. The van der Waals surface area contributed by atoms with Crippen molar-refractivity contribution in [3.8, 4) is 0 Å². The normalized spacial score (nSPS) is 18.1. The van der Waals surface area contributed by atoms with Gasteiger partial charge in [-0.3, -0.25) is 0 Å². The summed E-state index contributed by atoms with van der Waals surface area (Å²) in [6.07, 6.45) is 4.47. The SMILES string of the molecule is CC1CCN(c2ncccc2CBr)CC1. The van der Waals surface area contributed by atoms with E-state index in [0.717, 1.165) is 24.3 Å². The molecular weight excluding hydrogens is 252 g/mol. The Morgan fingerprint density at radius 1 is 1.47 bits per heavy atom. The number of rotatable bonds is 2. The van der Waals surface area contributed by atoms with Crippen molar-refractivity contribution >= 4 is 21.7 Å². The largest absolute Gasteiger partial charge is 0.356 e. The van der Waals surface area contributed by atoms with Gasteiger partial charge >= 0.3 is 0 Å². The highest BCUT2D eigenvalue weighted by Gasteiger charge is 2.18. The molecular formula is C12H17BrN2. The second-order valence-corrected chi connectivity index (χ2v) is 4.85. The van der Waals surface area contributed by atoms with Crippen molar-refractivity contribution < 1.29 is 0 Å². The van der Waals surface area contributed by atoms with E-state index in [1.54, 1.807) is 0 Å². The number of anilines is 1. The molecule has 0 aliphatic carbocycles. The number of aromatic nitrogens is 1. The van der Waals surface area contributed by atoms with Gasteiger partial charge in [-0.1, -0.05) is 28.9 Å². The predicted octanol–water partition coefficient (Wildman–Crippen LogP) is 3.21. The van der Waals surface area contributed by atoms with Crippen LogP contribution in [0.2, 0.25) is 0 Å². The Kier molecular flexibility index (Phi) is 3.62. The molecule has 1 saturated heterocycles. The zero-order chi connectivity index (χ0) is 10.7. The van der Waals surface area contributed by atoms with Gasteiger partial charge in [-0.25, -0.2) is 4.98 Å². The first-order valence-electron chi connectivity index (χ1n) is 5.56. The molecule has 1 aromatic rings. The average Bonchev–Trinajstić information content (AvgIpc) is 2.30. The monoisotopic (exact) mass is 268 g/mol. The fraction of sp³-hybridized carbons (Fsp3) is 0.583. The molecule has 0 amide bonds. The Balaban J connectivity index is 2.15. The fourth-order valence-corrected chi connectivity index (χ4v) is 2.48. The third-order valence-corrected chi connectivity index (χ3v) is 3.70. The summed E-state index contributed by atoms with van der Waals surface area (Å²) in [5.41, 5.74) is 1.30. The van der Waals surface area contributed by atoms with Crippen LogP contribution in [-0.4, -0.2) is 18.1 Å². The molecule has 1 aliphatic rings. The molecule has 0 radical (unpaired) electrons. The molecule has 0 aromatic carbocycles. The van der Waals surface area contributed by atoms with Crippen LogP contribution in [0, 0.1) is 5.92 Å². The summed E-state index contributed by atoms with van der Waals surface area (Å²) in [6, 6.07) is 4.15. The minimum absolute atomic E-state index is 0.873. The van der Waals surface area contributed by atoms with Gasteiger partial charge in [0.15, 0.2) is 0 Å². The third kappa shape index (κ3) is 2.51. The van der Waals surface area contributed by atoms with Gasteiger partial charge in [0.25, 0.3) is 0 Å². The number of hydrogen-bond donors (Lipinski definition) is 0. The lowest BCUT2D eigenvalue weighted by Gasteiger charge is -2.32. The van der Waals surface area contributed by atoms with Crippen molar-refractivity contribution in [3.63, 3.8) is 0 Å². The minimum Gasteiger partial charge on any atom is -0.356 e. The Morgan fingerprint density at radius 3 is 2.87 bits per heavy atom. The summed E-state index contributed by atoms with van der Waals surface area (Å²) in [5, 5.41) is 0.891. The Labute approximate surface area is 99.8 Å². The van der Waals surface area contributed by atoms with Crippen LogP contribution in [0.15, 0.2) is 18.3 Å². The van der Waals surface area contributed by atoms with Gasteiger partial charge < -0.3 is 4.90 Å². The quantitative estimate of drug-likeness (QED) is 0.766. The smallest absolute Gasteiger partial charge is 0.132 e. The molecule has 1 aromatic heterocycles. The lowest BCUT2D eigenvalue weighted by atomic mass is 9.99. The van der Waals surface area contributed by atoms with E-state index in [1.165, 1.54) is 24.2 Å². The van der Waals surface area contributed by atoms with E-state index in [4.69, 9.17) is 0 Å². The molecule has 0 bridgehead atoms. The Morgan fingerprint density at radius 2 is 2.20 bits per heavy atom. The molecule has 2 nitrogen and oxygen atoms in total. The molecule has 1 aliphatic heterocycles. The van der Waals surface area contributed by atoms with Crippen LogP contribution in [0.5, 0.6) is 0 Å². The van der Waals surface area contributed by atoms with Gasteiger partial charge in [0, 0.05) is 30.2 Å². The molecule has 0 unspecified atom stereocenters. The first-order valence-corrected chi connectivity index (χ1v) is 6.68. The summed E-state index contributed by atoms with van der Waals surface area (Å²) in [7, 11) is 0. The number of alkyl halides is 1. The number of piperidine rings is 1. The van der Waals surface area contributed by atoms with Gasteiger partial charge in [-0.2, -0.15) is 0 Å². The summed E-state index contributed by atoms with van der Waals surface area (Å²) in [5.74, 6) is 2.04. The van der Waals surface area contributed by atoms with Gasteiger partial charge in [-0.05, 0) is 24.8 Å². The Bertz CT molecular complexity index is 319. The van der Waals surface area contributed by atoms with Gasteiger partial charge in [0.1, 0.15) is 5.82 Å². The predicted molar refractivity (Wildman–Crippen MR) is 67.5 cm³/mol. The summed E-state index contributed by atoms with van der Waals surface area (Å²) < 4.78 is 0. The molecule has 82 valence electrons. The second kappa shape index (κ2) is 4.97. The van der Waals surface area contributed by atoms with Gasteiger partial charge in [0.05, 0.1) is 0 Å². The summed E-state index contributed by atoms with van der Waals surface area (Å²) >= 11 is 3.52. The number of pyridine rings is 1. The van der Waals surface area contributed by atoms with Crippen LogP contribution in [0.4, 0.5) is 5.82 Å². The average molecular weight is 269 g/mol.